The summed E-state index contributed by atoms with van der Waals surface area (Å²) in [6, 6.07) is 11.7. The number of amides is 1. The lowest BCUT2D eigenvalue weighted by atomic mass is 9.87. The summed E-state index contributed by atoms with van der Waals surface area (Å²) in [7, 11) is 0. The van der Waals surface area contributed by atoms with Crippen molar-refractivity contribution >= 4 is 33.6 Å². The first-order valence-electron chi connectivity index (χ1n) is 10.4. The van der Waals surface area contributed by atoms with Gasteiger partial charge in [-0.05, 0) is 76.2 Å². The summed E-state index contributed by atoms with van der Waals surface area (Å²) >= 11 is 3.56. The molecule has 2 aromatic rings. The van der Waals surface area contributed by atoms with Gasteiger partial charge >= 0.3 is 0 Å². The van der Waals surface area contributed by atoms with Gasteiger partial charge in [-0.25, -0.2) is 0 Å². The van der Waals surface area contributed by atoms with Crippen LogP contribution in [0.15, 0.2) is 46.9 Å². The van der Waals surface area contributed by atoms with Crippen LogP contribution < -0.4 is 14.8 Å². The van der Waals surface area contributed by atoms with Crippen LogP contribution in [0.4, 0.5) is 5.69 Å². The van der Waals surface area contributed by atoms with Gasteiger partial charge in [0.15, 0.2) is 11.5 Å². The largest absolute Gasteiger partial charge is 0.490 e. The Balaban J connectivity index is 2.07. The van der Waals surface area contributed by atoms with Crippen molar-refractivity contribution in [3.63, 3.8) is 0 Å². The highest BCUT2D eigenvalue weighted by atomic mass is 79.9. The Hall–Kier alpha value is -2.27. The summed E-state index contributed by atoms with van der Waals surface area (Å²) in [5, 5.41) is 2.92. The van der Waals surface area contributed by atoms with Gasteiger partial charge in [-0.1, -0.05) is 46.2 Å². The molecule has 0 aliphatic heterocycles. The minimum atomic E-state index is -0.194. The predicted molar refractivity (Wildman–Crippen MR) is 129 cm³/mol. The zero-order valence-electron chi connectivity index (χ0n) is 18.5. The number of ether oxygens (including phenoxy) is 2. The number of rotatable bonds is 9. The quantitative estimate of drug-likeness (QED) is 0.315. The molecule has 0 aliphatic rings. The molecule has 2 rings (SSSR count). The fourth-order valence-corrected chi connectivity index (χ4v) is 3.25. The maximum atomic E-state index is 12.4. The second-order valence-electron chi connectivity index (χ2n) is 8.11. The second kappa shape index (κ2) is 11.2. The molecule has 0 atom stereocenters. The van der Waals surface area contributed by atoms with Crippen LogP contribution in [0.3, 0.4) is 0 Å². The maximum Gasteiger partial charge on any atom is 0.248 e. The van der Waals surface area contributed by atoms with Crippen molar-refractivity contribution in [1.82, 2.24) is 0 Å². The highest BCUT2D eigenvalue weighted by molar-refractivity contribution is 9.10. The second-order valence-corrected chi connectivity index (χ2v) is 8.96. The van der Waals surface area contributed by atoms with Gasteiger partial charge in [0.1, 0.15) is 0 Å². The monoisotopic (exact) mass is 473 g/mol. The number of benzene rings is 2. The molecule has 0 saturated carbocycles. The number of hydrogen-bond donors (Lipinski definition) is 1. The van der Waals surface area contributed by atoms with Gasteiger partial charge in [-0.3, -0.25) is 4.79 Å². The van der Waals surface area contributed by atoms with Gasteiger partial charge in [0.05, 0.1) is 18.9 Å². The van der Waals surface area contributed by atoms with Crippen molar-refractivity contribution in [3.05, 3.63) is 58.1 Å². The van der Waals surface area contributed by atoms with Crippen LogP contribution in [0, 0.1) is 0 Å². The summed E-state index contributed by atoms with van der Waals surface area (Å²) in [6.07, 6.45) is 5.37. The Labute approximate surface area is 188 Å². The number of unbranched alkanes of at least 4 members (excludes halogenated alkanes) is 1. The molecule has 4 nitrogen and oxygen atoms in total. The normalized spacial score (nSPS) is 11.5. The van der Waals surface area contributed by atoms with Crippen molar-refractivity contribution in [2.45, 2.75) is 52.9 Å². The molecule has 0 aromatic heterocycles. The van der Waals surface area contributed by atoms with E-state index in [1.807, 2.05) is 43.3 Å². The maximum absolute atomic E-state index is 12.4. The Morgan fingerprint density at radius 1 is 1.07 bits per heavy atom. The van der Waals surface area contributed by atoms with E-state index in [9.17, 15) is 4.79 Å². The lowest BCUT2D eigenvalue weighted by Gasteiger charge is -2.20. The third-order valence-electron chi connectivity index (χ3n) is 4.54. The molecule has 1 N–H and O–H groups in total. The standard InChI is InChI=1S/C25H32BrNO3/c1-6-8-15-30-22-13-9-18(16-23(22)29-7-2)10-14-24(28)27-21-12-11-19(17-20(21)26)25(3,4)5/h9-14,16-17H,6-8,15H2,1-5H3,(H,27,28)/b14-10+. The smallest absolute Gasteiger partial charge is 0.248 e. The summed E-state index contributed by atoms with van der Waals surface area (Å²) in [5.41, 5.74) is 2.87. The summed E-state index contributed by atoms with van der Waals surface area (Å²) in [4.78, 5) is 12.4. The molecule has 5 heteroatoms. The van der Waals surface area contributed by atoms with Crippen molar-refractivity contribution < 1.29 is 14.3 Å². The van der Waals surface area contributed by atoms with E-state index in [2.05, 4.69) is 48.9 Å². The van der Waals surface area contributed by atoms with E-state index in [4.69, 9.17) is 9.47 Å². The fourth-order valence-electron chi connectivity index (χ4n) is 2.77. The molecule has 30 heavy (non-hydrogen) atoms. The minimum Gasteiger partial charge on any atom is -0.490 e. The molecule has 1 amide bonds. The Kier molecular flexibility index (Phi) is 8.97. The number of carbonyl (C=O) groups is 1. The molecule has 2 aromatic carbocycles. The van der Waals surface area contributed by atoms with Crippen LogP contribution in [0.5, 0.6) is 11.5 Å². The van der Waals surface area contributed by atoms with E-state index in [1.165, 1.54) is 11.6 Å². The summed E-state index contributed by atoms with van der Waals surface area (Å²) in [6.45, 7) is 11.8. The van der Waals surface area contributed by atoms with E-state index in [0.717, 1.165) is 34.3 Å². The van der Waals surface area contributed by atoms with Crippen molar-refractivity contribution in [3.8, 4) is 11.5 Å². The Morgan fingerprint density at radius 2 is 1.83 bits per heavy atom. The van der Waals surface area contributed by atoms with E-state index >= 15 is 0 Å². The van der Waals surface area contributed by atoms with Crippen molar-refractivity contribution in [2.24, 2.45) is 0 Å². The number of nitrogens with one attached hydrogen (secondary N) is 1. The van der Waals surface area contributed by atoms with Crippen LogP contribution in [-0.2, 0) is 10.2 Å². The van der Waals surface area contributed by atoms with Crippen molar-refractivity contribution in [1.29, 1.82) is 0 Å². The Morgan fingerprint density at radius 3 is 2.47 bits per heavy atom. The topological polar surface area (TPSA) is 47.6 Å². The number of carbonyl (C=O) groups excluding carboxylic acids is 1. The number of halogens is 1. The molecule has 0 heterocycles. The van der Waals surface area contributed by atoms with Crippen LogP contribution in [0.25, 0.3) is 6.08 Å². The van der Waals surface area contributed by atoms with Gasteiger partial charge in [-0.15, -0.1) is 0 Å². The molecule has 0 saturated heterocycles. The lowest BCUT2D eigenvalue weighted by molar-refractivity contribution is -0.111. The highest BCUT2D eigenvalue weighted by Crippen LogP contribution is 2.31. The average Bonchev–Trinajstić information content (AvgIpc) is 2.69. The summed E-state index contributed by atoms with van der Waals surface area (Å²) in [5.74, 6) is 1.23. The van der Waals surface area contributed by atoms with E-state index in [-0.39, 0.29) is 11.3 Å². The third-order valence-corrected chi connectivity index (χ3v) is 5.20. The minimum absolute atomic E-state index is 0.0512. The summed E-state index contributed by atoms with van der Waals surface area (Å²) < 4.78 is 12.4. The van der Waals surface area contributed by atoms with Crippen molar-refractivity contribution in [2.75, 3.05) is 18.5 Å². The third kappa shape index (κ3) is 7.21. The van der Waals surface area contributed by atoms with Crippen LogP contribution >= 0.6 is 15.9 Å². The first-order chi connectivity index (χ1) is 14.2. The number of hydrogen-bond acceptors (Lipinski definition) is 3. The van der Waals surface area contributed by atoms with Crippen LogP contribution in [0.1, 0.15) is 58.6 Å². The molecule has 0 unspecified atom stereocenters. The highest BCUT2D eigenvalue weighted by Gasteiger charge is 2.15. The molecule has 162 valence electrons. The predicted octanol–water partition coefficient (Wildman–Crippen LogP) is 6.98. The zero-order chi connectivity index (χ0) is 22.1. The molecule has 0 fully saturated rings. The molecular formula is C25H32BrNO3. The fraction of sp³-hybridized carbons (Fsp3) is 0.400. The van der Waals surface area contributed by atoms with Gasteiger partial charge in [0.2, 0.25) is 5.91 Å². The van der Waals surface area contributed by atoms with Crippen LogP contribution in [0.2, 0.25) is 0 Å². The van der Waals surface area contributed by atoms with Gasteiger partial charge in [0.25, 0.3) is 0 Å². The zero-order valence-corrected chi connectivity index (χ0v) is 20.1. The number of anilines is 1. The average molecular weight is 474 g/mol. The lowest BCUT2D eigenvalue weighted by Crippen LogP contribution is -2.12. The van der Waals surface area contributed by atoms with Crippen LogP contribution in [-0.4, -0.2) is 19.1 Å². The van der Waals surface area contributed by atoms with Gasteiger partial charge in [0, 0.05) is 10.5 Å². The van der Waals surface area contributed by atoms with Gasteiger partial charge in [-0.2, -0.15) is 0 Å². The first kappa shape index (κ1) is 24.0. The van der Waals surface area contributed by atoms with E-state index < -0.39 is 0 Å². The van der Waals surface area contributed by atoms with E-state index in [0.29, 0.717) is 19.0 Å². The molecule has 0 aliphatic carbocycles. The Bertz CT molecular complexity index is 884. The van der Waals surface area contributed by atoms with E-state index in [1.54, 1.807) is 6.08 Å². The van der Waals surface area contributed by atoms with Gasteiger partial charge < -0.3 is 14.8 Å². The molecular weight excluding hydrogens is 442 g/mol. The SMILES string of the molecule is CCCCOc1ccc(/C=C/C(=O)Nc2ccc(C(C)(C)C)cc2Br)cc1OCC. The first-order valence-corrected chi connectivity index (χ1v) is 11.2. The molecule has 0 bridgehead atoms. The molecule has 0 spiro atoms. The molecule has 0 radical (unpaired) electrons.